The molecule has 7 heteroatoms. The molecule has 1 atom stereocenters. The van der Waals surface area contributed by atoms with E-state index in [9.17, 15) is 4.79 Å². The fourth-order valence-electron chi connectivity index (χ4n) is 4.89. The molecule has 6 nitrogen and oxygen atoms in total. The Morgan fingerprint density at radius 1 is 1.09 bits per heavy atom. The van der Waals surface area contributed by atoms with Gasteiger partial charge in [-0.1, -0.05) is 41.7 Å². The van der Waals surface area contributed by atoms with E-state index in [1.165, 1.54) is 5.56 Å². The number of nitrogens with zero attached hydrogens (tertiary/aromatic N) is 4. The molecule has 0 spiro atoms. The Bertz CT molecular complexity index is 1080. The number of piperidine rings is 1. The van der Waals surface area contributed by atoms with Crippen LogP contribution in [0.4, 0.5) is 5.13 Å². The van der Waals surface area contributed by atoms with Gasteiger partial charge in [-0.3, -0.25) is 9.69 Å². The van der Waals surface area contributed by atoms with Gasteiger partial charge in [-0.15, -0.1) is 0 Å². The molecule has 174 valence electrons. The number of fused-ring (bicyclic) bond motifs is 1. The lowest BCUT2D eigenvalue weighted by atomic mass is 9.96. The summed E-state index contributed by atoms with van der Waals surface area (Å²) >= 11 is 1.69. The number of hydrogen-bond donors (Lipinski definition) is 0. The summed E-state index contributed by atoms with van der Waals surface area (Å²) in [6.45, 7) is 6.41. The van der Waals surface area contributed by atoms with Crippen molar-refractivity contribution in [1.29, 1.82) is 0 Å². The van der Waals surface area contributed by atoms with Gasteiger partial charge in [0.2, 0.25) is 5.91 Å². The number of carbonyl (C=O) groups excluding carboxylic acids is 1. The van der Waals surface area contributed by atoms with Crippen LogP contribution in [-0.4, -0.2) is 73.6 Å². The Balaban J connectivity index is 1.15. The molecule has 2 saturated heterocycles. The van der Waals surface area contributed by atoms with Gasteiger partial charge in [-0.25, -0.2) is 4.98 Å². The summed E-state index contributed by atoms with van der Waals surface area (Å²) in [6, 6.07) is 16.7. The number of benzene rings is 2. The van der Waals surface area contributed by atoms with Crippen molar-refractivity contribution < 1.29 is 9.53 Å². The average molecular weight is 465 g/mol. The highest BCUT2D eigenvalue weighted by atomic mass is 32.1. The minimum atomic E-state index is 0.0659. The van der Waals surface area contributed by atoms with Gasteiger partial charge in [0.15, 0.2) is 5.13 Å². The number of rotatable bonds is 6. The standard InChI is InChI=1S/C26H32N4O2S/c1-32-22-9-10-23-24(18-22)33-26(27-23)30-12-5-8-21(19-30)25(31)29-16-14-28(15-17-29)13-11-20-6-3-2-4-7-20/h2-4,6-7,9-10,18,21H,5,8,11-17,19H2,1H3. The van der Waals surface area contributed by atoms with Crippen LogP contribution in [0.2, 0.25) is 0 Å². The zero-order chi connectivity index (χ0) is 22.6. The first-order valence-corrected chi connectivity index (χ1v) is 12.8. The molecule has 0 saturated carbocycles. The van der Waals surface area contributed by atoms with Crippen molar-refractivity contribution in [2.75, 3.05) is 57.8 Å². The minimum absolute atomic E-state index is 0.0659. The largest absolute Gasteiger partial charge is 0.497 e. The van der Waals surface area contributed by atoms with Crippen molar-refractivity contribution in [3.05, 3.63) is 54.1 Å². The van der Waals surface area contributed by atoms with E-state index in [4.69, 9.17) is 9.72 Å². The Kier molecular flexibility index (Phi) is 6.78. The third-order valence-electron chi connectivity index (χ3n) is 6.87. The minimum Gasteiger partial charge on any atom is -0.497 e. The summed E-state index contributed by atoms with van der Waals surface area (Å²) in [4.78, 5) is 25.0. The SMILES string of the molecule is COc1ccc2nc(N3CCCC(C(=O)N4CCN(CCc5ccccc5)CC4)C3)sc2c1. The number of methoxy groups -OCH3 is 1. The van der Waals surface area contributed by atoms with Crippen molar-refractivity contribution >= 4 is 32.6 Å². The quantitative estimate of drug-likeness (QED) is 0.554. The van der Waals surface area contributed by atoms with Crippen molar-refractivity contribution in [3.63, 3.8) is 0 Å². The van der Waals surface area contributed by atoms with Crippen LogP contribution in [0, 0.1) is 5.92 Å². The molecule has 0 N–H and O–H groups in total. The zero-order valence-electron chi connectivity index (χ0n) is 19.3. The van der Waals surface area contributed by atoms with Crippen LogP contribution < -0.4 is 9.64 Å². The van der Waals surface area contributed by atoms with Crippen molar-refractivity contribution in [2.24, 2.45) is 5.92 Å². The first-order chi connectivity index (χ1) is 16.2. The van der Waals surface area contributed by atoms with Crippen LogP contribution in [-0.2, 0) is 11.2 Å². The summed E-state index contributed by atoms with van der Waals surface area (Å²) in [6.07, 6.45) is 3.08. The number of hydrogen-bond acceptors (Lipinski definition) is 6. The molecule has 1 amide bonds. The van der Waals surface area contributed by atoms with Crippen LogP contribution in [0.5, 0.6) is 5.75 Å². The smallest absolute Gasteiger partial charge is 0.227 e. The van der Waals surface area contributed by atoms with Gasteiger partial charge in [0.1, 0.15) is 5.75 Å². The first kappa shape index (κ1) is 22.2. The van der Waals surface area contributed by atoms with Crippen LogP contribution in [0.15, 0.2) is 48.5 Å². The molecule has 5 rings (SSSR count). The van der Waals surface area contributed by atoms with Gasteiger partial charge < -0.3 is 14.5 Å². The summed E-state index contributed by atoms with van der Waals surface area (Å²) in [5.74, 6) is 1.24. The topological polar surface area (TPSA) is 48.9 Å². The number of thiazole rings is 1. The molecule has 2 aliphatic rings. The highest BCUT2D eigenvalue weighted by Crippen LogP contribution is 2.33. The molecule has 3 heterocycles. The van der Waals surface area contributed by atoms with Gasteiger partial charge >= 0.3 is 0 Å². The number of amides is 1. The zero-order valence-corrected chi connectivity index (χ0v) is 20.1. The normalized spacial score (nSPS) is 19.7. The predicted octanol–water partition coefficient (Wildman–Crippen LogP) is 3.91. The Morgan fingerprint density at radius 3 is 2.70 bits per heavy atom. The monoisotopic (exact) mass is 464 g/mol. The molecule has 0 aliphatic carbocycles. The number of ether oxygens (including phenoxy) is 1. The van der Waals surface area contributed by atoms with Crippen molar-refractivity contribution in [1.82, 2.24) is 14.8 Å². The number of anilines is 1. The summed E-state index contributed by atoms with van der Waals surface area (Å²) < 4.78 is 6.48. The van der Waals surface area contributed by atoms with E-state index in [-0.39, 0.29) is 5.92 Å². The van der Waals surface area contributed by atoms with E-state index in [2.05, 4.69) is 45.0 Å². The maximum atomic E-state index is 13.3. The average Bonchev–Trinajstić information content (AvgIpc) is 3.31. The molecular formula is C26H32N4O2S. The molecular weight excluding hydrogens is 432 g/mol. The second-order valence-corrected chi connectivity index (χ2v) is 10.0. The van der Waals surface area contributed by atoms with Crippen molar-refractivity contribution in [2.45, 2.75) is 19.3 Å². The van der Waals surface area contributed by atoms with E-state index < -0.39 is 0 Å². The molecule has 0 radical (unpaired) electrons. The lowest BCUT2D eigenvalue weighted by Crippen LogP contribution is -2.52. The summed E-state index contributed by atoms with van der Waals surface area (Å²) in [7, 11) is 1.69. The van der Waals surface area contributed by atoms with E-state index >= 15 is 0 Å². The number of carbonyl (C=O) groups is 1. The van der Waals surface area contributed by atoms with E-state index in [0.717, 1.165) is 86.2 Å². The van der Waals surface area contributed by atoms with Crippen molar-refractivity contribution in [3.8, 4) is 5.75 Å². The molecule has 2 aromatic carbocycles. The Labute approximate surface area is 199 Å². The van der Waals surface area contributed by atoms with E-state index in [0.29, 0.717) is 5.91 Å². The molecule has 3 aromatic rings. The van der Waals surface area contributed by atoms with E-state index in [1.54, 1.807) is 18.4 Å². The number of piperazine rings is 1. The highest BCUT2D eigenvalue weighted by Gasteiger charge is 2.32. The lowest BCUT2D eigenvalue weighted by Gasteiger charge is -2.39. The summed E-state index contributed by atoms with van der Waals surface area (Å²) in [5.41, 5.74) is 2.38. The molecule has 2 aliphatic heterocycles. The van der Waals surface area contributed by atoms with Crippen LogP contribution in [0.1, 0.15) is 18.4 Å². The van der Waals surface area contributed by atoms with Gasteiger partial charge in [0.05, 0.1) is 23.2 Å². The van der Waals surface area contributed by atoms with Gasteiger partial charge in [0.25, 0.3) is 0 Å². The first-order valence-electron chi connectivity index (χ1n) is 11.9. The second kappa shape index (κ2) is 10.1. The van der Waals surface area contributed by atoms with E-state index in [1.807, 2.05) is 18.2 Å². The third kappa shape index (κ3) is 5.14. The molecule has 2 fully saturated rings. The molecule has 33 heavy (non-hydrogen) atoms. The molecule has 0 bridgehead atoms. The van der Waals surface area contributed by atoms with Crippen LogP contribution in [0.25, 0.3) is 10.2 Å². The van der Waals surface area contributed by atoms with Crippen LogP contribution in [0.3, 0.4) is 0 Å². The highest BCUT2D eigenvalue weighted by molar-refractivity contribution is 7.22. The number of aromatic nitrogens is 1. The van der Waals surface area contributed by atoms with Gasteiger partial charge in [0, 0.05) is 45.8 Å². The fraction of sp³-hybridized carbons (Fsp3) is 0.462. The Morgan fingerprint density at radius 2 is 1.91 bits per heavy atom. The summed E-state index contributed by atoms with van der Waals surface area (Å²) in [5, 5.41) is 1.02. The fourth-order valence-corrected chi connectivity index (χ4v) is 5.92. The van der Waals surface area contributed by atoms with Gasteiger partial charge in [-0.2, -0.15) is 0 Å². The van der Waals surface area contributed by atoms with Gasteiger partial charge in [-0.05, 0) is 43.0 Å². The lowest BCUT2D eigenvalue weighted by molar-refractivity contribution is -0.137. The molecule has 1 aromatic heterocycles. The predicted molar refractivity (Wildman–Crippen MR) is 134 cm³/mol. The van der Waals surface area contributed by atoms with Crippen LogP contribution >= 0.6 is 11.3 Å². The second-order valence-electron chi connectivity index (χ2n) is 9.02. The third-order valence-corrected chi connectivity index (χ3v) is 7.95. The maximum absolute atomic E-state index is 13.3. The molecule has 1 unspecified atom stereocenters. The maximum Gasteiger partial charge on any atom is 0.227 e. The Hall–Kier alpha value is -2.64.